The molecule has 2 atom stereocenters. The summed E-state index contributed by atoms with van der Waals surface area (Å²) in [6, 6.07) is 0. The highest BCUT2D eigenvalue weighted by molar-refractivity contribution is 5.05. The van der Waals surface area contributed by atoms with Crippen molar-refractivity contribution in [2.24, 2.45) is 5.92 Å². The Morgan fingerprint density at radius 1 is 1.70 bits per heavy atom. The molecule has 58 valence electrons. The van der Waals surface area contributed by atoms with Gasteiger partial charge in [0.15, 0.2) is 6.29 Å². The van der Waals surface area contributed by atoms with E-state index in [1.165, 1.54) is 0 Å². The molecular weight excluding hydrogens is 128 g/mol. The van der Waals surface area contributed by atoms with Gasteiger partial charge in [-0.1, -0.05) is 20.4 Å². The molecule has 0 amide bonds. The maximum absolute atomic E-state index is 9.10. The van der Waals surface area contributed by atoms with Gasteiger partial charge in [-0.25, -0.2) is 0 Å². The highest BCUT2D eigenvalue weighted by Crippen LogP contribution is 2.26. The summed E-state index contributed by atoms with van der Waals surface area (Å²) < 4.78 is 5.19. The van der Waals surface area contributed by atoms with E-state index < -0.39 is 6.29 Å². The molecule has 0 radical (unpaired) electrons. The molecule has 2 nitrogen and oxygen atoms in total. The van der Waals surface area contributed by atoms with E-state index in [4.69, 9.17) is 9.84 Å². The molecule has 10 heavy (non-hydrogen) atoms. The summed E-state index contributed by atoms with van der Waals surface area (Å²) in [4.78, 5) is 0. The Bertz CT molecular complexity index is 140. The lowest BCUT2D eigenvalue weighted by Crippen LogP contribution is -2.15. The van der Waals surface area contributed by atoms with Crippen LogP contribution in [0.15, 0.2) is 12.2 Å². The fourth-order valence-electron chi connectivity index (χ4n) is 1.06. The Hall–Kier alpha value is -0.340. The molecule has 1 heterocycles. The van der Waals surface area contributed by atoms with Gasteiger partial charge >= 0.3 is 0 Å². The zero-order valence-corrected chi connectivity index (χ0v) is 6.50. The summed E-state index contributed by atoms with van der Waals surface area (Å²) in [6.45, 7) is 7.85. The zero-order valence-electron chi connectivity index (χ0n) is 6.50. The second kappa shape index (κ2) is 2.72. The first-order chi connectivity index (χ1) is 4.61. The van der Waals surface area contributed by atoms with Crippen LogP contribution in [0.1, 0.15) is 20.3 Å². The summed E-state index contributed by atoms with van der Waals surface area (Å²) >= 11 is 0. The largest absolute Gasteiger partial charge is 0.364 e. The molecule has 1 aliphatic rings. The predicted molar refractivity (Wildman–Crippen MR) is 39.5 cm³/mol. The molecule has 1 rings (SSSR count). The first-order valence-electron chi connectivity index (χ1n) is 3.62. The Labute approximate surface area is 61.5 Å². The Balaban J connectivity index is 2.49. The van der Waals surface area contributed by atoms with Gasteiger partial charge in [-0.05, 0) is 17.9 Å². The van der Waals surface area contributed by atoms with Crippen molar-refractivity contribution in [3.05, 3.63) is 12.2 Å². The number of aliphatic hydroxyl groups excluding tert-OH is 1. The van der Waals surface area contributed by atoms with E-state index in [9.17, 15) is 0 Å². The molecule has 1 N–H and O–H groups in total. The third-order valence-corrected chi connectivity index (χ3v) is 1.86. The van der Waals surface area contributed by atoms with Gasteiger partial charge in [0.1, 0.15) is 0 Å². The second-order valence-electron chi connectivity index (χ2n) is 3.13. The van der Waals surface area contributed by atoms with Gasteiger partial charge in [0.25, 0.3) is 0 Å². The van der Waals surface area contributed by atoms with Crippen LogP contribution in [0.5, 0.6) is 0 Å². The number of hydrogen-bond acceptors (Lipinski definition) is 2. The van der Waals surface area contributed by atoms with E-state index in [0.29, 0.717) is 5.92 Å². The average molecular weight is 142 g/mol. The van der Waals surface area contributed by atoms with E-state index in [2.05, 4.69) is 20.4 Å². The molecule has 0 aromatic carbocycles. The first kappa shape index (κ1) is 7.76. The van der Waals surface area contributed by atoms with Crippen molar-refractivity contribution in [1.29, 1.82) is 0 Å². The minimum absolute atomic E-state index is 0.169. The van der Waals surface area contributed by atoms with E-state index in [0.717, 1.165) is 12.0 Å². The fraction of sp³-hybridized carbons (Fsp3) is 0.750. The van der Waals surface area contributed by atoms with E-state index in [-0.39, 0.29) is 6.10 Å². The smallest absolute Gasteiger partial charge is 0.177 e. The van der Waals surface area contributed by atoms with Crippen LogP contribution < -0.4 is 0 Å². The standard InChI is InChI=1S/C8H14O2/c1-5(2)7-4-6(3)8(9)10-7/h5,7-9H,3-4H2,1-2H3. The van der Waals surface area contributed by atoms with Crippen LogP contribution >= 0.6 is 0 Å². The monoisotopic (exact) mass is 142 g/mol. The minimum atomic E-state index is -0.715. The van der Waals surface area contributed by atoms with Crippen molar-refractivity contribution in [2.45, 2.75) is 32.7 Å². The van der Waals surface area contributed by atoms with Crippen molar-refractivity contribution in [3.63, 3.8) is 0 Å². The quantitative estimate of drug-likeness (QED) is 0.559. The average Bonchev–Trinajstić information content (AvgIpc) is 2.13. The van der Waals surface area contributed by atoms with Crippen LogP contribution in [-0.2, 0) is 4.74 Å². The van der Waals surface area contributed by atoms with Crippen LogP contribution in [0, 0.1) is 5.92 Å². The lowest BCUT2D eigenvalue weighted by molar-refractivity contribution is -0.0880. The van der Waals surface area contributed by atoms with Crippen molar-refractivity contribution < 1.29 is 9.84 Å². The molecule has 0 aromatic heterocycles. The summed E-state index contributed by atoms with van der Waals surface area (Å²) in [5.41, 5.74) is 0.804. The Morgan fingerprint density at radius 2 is 2.30 bits per heavy atom. The maximum atomic E-state index is 9.10. The molecule has 0 bridgehead atoms. The first-order valence-corrected chi connectivity index (χ1v) is 3.62. The summed E-state index contributed by atoms with van der Waals surface area (Å²) in [6.07, 6.45) is 0.258. The number of aliphatic hydroxyl groups is 1. The SMILES string of the molecule is C=C1CC(C(C)C)OC1O. The van der Waals surface area contributed by atoms with Gasteiger partial charge < -0.3 is 9.84 Å². The maximum Gasteiger partial charge on any atom is 0.177 e. The van der Waals surface area contributed by atoms with Crippen molar-refractivity contribution in [2.75, 3.05) is 0 Å². The van der Waals surface area contributed by atoms with Crippen LogP contribution in [0.25, 0.3) is 0 Å². The predicted octanol–water partition coefficient (Wildman–Crippen LogP) is 1.31. The zero-order chi connectivity index (χ0) is 7.72. The fourth-order valence-corrected chi connectivity index (χ4v) is 1.06. The van der Waals surface area contributed by atoms with E-state index in [1.807, 2.05) is 0 Å². The molecule has 1 fully saturated rings. The van der Waals surface area contributed by atoms with Crippen LogP contribution in [-0.4, -0.2) is 17.5 Å². The normalized spacial score (nSPS) is 33.8. The van der Waals surface area contributed by atoms with Crippen molar-refractivity contribution in [3.8, 4) is 0 Å². The van der Waals surface area contributed by atoms with Gasteiger partial charge in [0.05, 0.1) is 6.10 Å². The number of hydrogen-bond donors (Lipinski definition) is 1. The minimum Gasteiger partial charge on any atom is -0.364 e. The van der Waals surface area contributed by atoms with Crippen LogP contribution in [0.2, 0.25) is 0 Å². The van der Waals surface area contributed by atoms with Crippen LogP contribution in [0.3, 0.4) is 0 Å². The highest BCUT2D eigenvalue weighted by Gasteiger charge is 2.28. The molecule has 1 saturated heterocycles. The van der Waals surface area contributed by atoms with E-state index >= 15 is 0 Å². The second-order valence-corrected chi connectivity index (χ2v) is 3.13. The van der Waals surface area contributed by atoms with Gasteiger partial charge in [-0.3, -0.25) is 0 Å². The Kier molecular flexibility index (Phi) is 2.11. The lowest BCUT2D eigenvalue weighted by Gasteiger charge is -2.12. The van der Waals surface area contributed by atoms with Crippen LogP contribution in [0.4, 0.5) is 0 Å². The Morgan fingerprint density at radius 3 is 2.50 bits per heavy atom. The summed E-state index contributed by atoms with van der Waals surface area (Å²) in [7, 11) is 0. The molecule has 0 aliphatic carbocycles. The molecule has 1 aliphatic heterocycles. The third kappa shape index (κ3) is 1.39. The molecular formula is C8H14O2. The van der Waals surface area contributed by atoms with Gasteiger partial charge in [0.2, 0.25) is 0 Å². The molecule has 0 aromatic rings. The van der Waals surface area contributed by atoms with E-state index in [1.54, 1.807) is 0 Å². The summed E-state index contributed by atoms with van der Waals surface area (Å²) in [5.74, 6) is 0.467. The van der Waals surface area contributed by atoms with Gasteiger partial charge in [0, 0.05) is 0 Å². The van der Waals surface area contributed by atoms with Crippen molar-refractivity contribution >= 4 is 0 Å². The molecule has 0 saturated carbocycles. The molecule has 2 heteroatoms. The molecule has 2 unspecified atom stereocenters. The number of ether oxygens (including phenoxy) is 1. The topological polar surface area (TPSA) is 29.5 Å². The molecule has 0 spiro atoms. The highest BCUT2D eigenvalue weighted by atomic mass is 16.6. The van der Waals surface area contributed by atoms with Crippen molar-refractivity contribution in [1.82, 2.24) is 0 Å². The third-order valence-electron chi connectivity index (χ3n) is 1.86. The van der Waals surface area contributed by atoms with Gasteiger partial charge in [-0.2, -0.15) is 0 Å². The lowest BCUT2D eigenvalue weighted by atomic mass is 10.0. The van der Waals surface area contributed by atoms with Gasteiger partial charge in [-0.15, -0.1) is 0 Å². The summed E-state index contributed by atoms with van der Waals surface area (Å²) in [5, 5.41) is 9.10. The number of rotatable bonds is 1.